The van der Waals surface area contributed by atoms with E-state index in [1.54, 1.807) is 6.07 Å². The van der Waals surface area contributed by atoms with Crippen LogP contribution in [0.5, 0.6) is 0 Å². The maximum absolute atomic E-state index is 11.9. The van der Waals surface area contributed by atoms with Crippen LogP contribution in [-0.2, 0) is 0 Å². The second-order valence-corrected chi connectivity index (χ2v) is 5.21. The number of nitrogens with zero attached hydrogens (tertiary/aromatic N) is 2. The molecule has 0 aromatic carbocycles. The van der Waals surface area contributed by atoms with Gasteiger partial charge in [-0.3, -0.25) is 9.69 Å². The Kier molecular flexibility index (Phi) is 3.64. The van der Waals surface area contributed by atoms with Crippen LogP contribution < -0.4 is 5.32 Å². The third kappa shape index (κ3) is 3.23. The number of rotatable bonds is 5. The van der Waals surface area contributed by atoms with Gasteiger partial charge in [0.05, 0.1) is 5.69 Å². The molecule has 0 bridgehead atoms. The lowest BCUT2D eigenvalue weighted by Gasteiger charge is -2.22. The molecule has 19 heavy (non-hydrogen) atoms. The molecule has 1 saturated carbocycles. The lowest BCUT2D eigenvalue weighted by Crippen LogP contribution is -2.36. The molecule has 1 aromatic rings. The van der Waals surface area contributed by atoms with Gasteiger partial charge in [-0.25, -0.2) is 0 Å². The van der Waals surface area contributed by atoms with Crippen LogP contribution in [-0.4, -0.2) is 42.1 Å². The highest BCUT2D eigenvalue weighted by atomic mass is 16.5. The molecule has 3 rings (SSSR count). The fourth-order valence-corrected chi connectivity index (χ4v) is 2.27. The average molecular weight is 261 g/mol. The molecule has 0 spiro atoms. The van der Waals surface area contributed by atoms with Gasteiger partial charge in [0.2, 0.25) is 5.76 Å². The van der Waals surface area contributed by atoms with E-state index in [9.17, 15) is 4.79 Å². The van der Waals surface area contributed by atoms with Gasteiger partial charge in [0.25, 0.3) is 5.91 Å². The maximum atomic E-state index is 11.9. The van der Waals surface area contributed by atoms with Crippen LogP contribution in [0.4, 0.5) is 0 Å². The van der Waals surface area contributed by atoms with Gasteiger partial charge in [0.15, 0.2) is 0 Å². The van der Waals surface area contributed by atoms with E-state index in [2.05, 4.69) is 27.5 Å². The Morgan fingerprint density at radius 1 is 1.47 bits per heavy atom. The smallest absolute Gasteiger partial charge is 0.289 e. The van der Waals surface area contributed by atoms with Gasteiger partial charge in [0.1, 0.15) is 0 Å². The third-order valence-electron chi connectivity index (χ3n) is 3.60. The van der Waals surface area contributed by atoms with E-state index in [-0.39, 0.29) is 5.91 Å². The Balaban J connectivity index is 1.43. The first-order valence-corrected chi connectivity index (χ1v) is 6.95. The number of amides is 1. The summed E-state index contributed by atoms with van der Waals surface area (Å²) < 4.78 is 5.08. The number of aromatic nitrogens is 1. The molecule has 2 aliphatic rings. The predicted octanol–water partition coefficient (Wildman–Crippen LogP) is 1.54. The van der Waals surface area contributed by atoms with Crippen molar-refractivity contribution in [2.75, 3.05) is 26.2 Å². The summed E-state index contributed by atoms with van der Waals surface area (Å²) >= 11 is 0. The van der Waals surface area contributed by atoms with E-state index in [1.807, 2.05) is 0 Å². The van der Waals surface area contributed by atoms with Crippen molar-refractivity contribution < 1.29 is 9.32 Å². The van der Waals surface area contributed by atoms with Gasteiger partial charge < -0.3 is 9.84 Å². The van der Waals surface area contributed by atoms with Crippen molar-refractivity contribution in [3.63, 3.8) is 0 Å². The standard InChI is InChI=1S/C14H19N3O2/c18-14(13-10-12(16-19-13)11-4-5-11)15-6-9-17-7-2-1-3-8-17/h1-2,10-11H,3-9H2,(H,15,18). The van der Waals surface area contributed by atoms with Crippen molar-refractivity contribution in [1.29, 1.82) is 0 Å². The minimum atomic E-state index is -0.160. The number of hydrogen-bond acceptors (Lipinski definition) is 4. The van der Waals surface area contributed by atoms with E-state index in [1.165, 1.54) is 0 Å². The quantitative estimate of drug-likeness (QED) is 0.817. The molecule has 1 aromatic heterocycles. The van der Waals surface area contributed by atoms with Gasteiger partial charge in [-0.05, 0) is 19.3 Å². The van der Waals surface area contributed by atoms with E-state index in [0.717, 1.165) is 44.6 Å². The Bertz CT molecular complexity index is 477. The molecule has 0 radical (unpaired) electrons. The summed E-state index contributed by atoms with van der Waals surface area (Å²) in [4.78, 5) is 14.2. The highest BCUT2D eigenvalue weighted by molar-refractivity contribution is 5.91. The summed E-state index contributed by atoms with van der Waals surface area (Å²) in [6, 6.07) is 1.77. The van der Waals surface area contributed by atoms with Crippen LogP contribution >= 0.6 is 0 Å². The largest absolute Gasteiger partial charge is 0.351 e. The molecule has 0 saturated heterocycles. The van der Waals surface area contributed by atoms with E-state index in [4.69, 9.17) is 4.52 Å². The fourth-order valence-electron chi connectivity index (χ4n) is 2.27. The predicted molar refractivity (Wildman–Crippen MR) is 71.0 cm³/mol. The highest BCUT2D eigenvalue weighted by Gasteiger charge is 2.28. The molecule has 0 unspecified atom stereocenters. The zero-order valence-corrected chi connectivity index (χ0v) is 11.0. The third-order valence-corrected chi connectivity index (χ3v) is 3.60. The number of hydrogen-bond donors (Lipinski definition) is 1. The number of carbonyl (C=O) groups is 1. The van der Waals surface area contributed by atoms with Gasteiger partial charge >= 0.3 is 0 Å². The van der Waals surface area contributed by atoms with Crippen LogP contribution in [0, 0.1) is 0 Å². The van der Waals surface area contributed by atoms with Crippen molar-refractivity contribution >= 4 is 5.91 Å². The average Bonchev–Trinajstić information content (AvgIpc) is 3.17. The molecule has 1 aliphatic carbocycles. The van der Waals surface area contributed by atoms with E-state index < -0.39 is 0 Å². The number of nitrogens with one attached hydrogen (secondary N) is 1. The zero-order valence-electron chi connectivity index (χ0n) is 11.0. The topological polar surface area (TPSA) is 58.4 Å². The van der Waals surface area contributed by atoms with Crippen LogP contribution in [0.3, 0.4) is 0 Å². The van der Waals surface area contributed by atoms with E-state index >= 15 is 0 Å². The van der Waals surface area contributed by atoms with Gasteiger partial charge in [-0.1, -0.05) is 17.3 Å². The summed E-state index contributed by atoms with van der Waals surface area (Å²) in [6.07, 6.45) is 7.79. The Labute approximate surface area is 112 Å². The molecular weight excluding hydrogens is 242 g/mol. The molecule has 1 fully saturated rings. The van der Waals surface area contributed by atoms with Gasteiger partial charge in [0, 0.05) is 38.2 Å². The summed E-state index contributed by atoms with van der Waals surface area (Å²) in [6.45, 7) is 3.57. The molecule has 102 valence electrons. The molecule has 2 heterocycles. The van der Waals surface area contributed by atoms with Crippen LogP contribution in [0.15, 0.2) is 22.7 Å². The van der Waals surface area contributed by atoms with Crippen LogP contribution in [0.25, 0.3) is 0 Å². The lowest BCUT2D eigenvalue weighted by atomic mass is 10.2. The van der Waals surface area contributed by atoms with Crippen LogP contribution in [0.2, 0.25) is 0 Å². The SMILES string of the molecule is O=C(NCCN1CC=CCC1)c1cc(C2CC2)no1. The molecule has 5 nitrogen and oxygen atoms in total. The molecule has 5 heteroatoms. The maximum Gasteiger partial charge on any atom is 0.289 e. The minimum Gasteiger partial charge on any atom is -0.351 e. The first kappa shape index (κ1) is 12.4. The summed E-state index contributed by atoms with van der Waals surface area (Å²) in [7, 11) is 0. The second-order valence-electron chi connectivity index (χ2n) is 5.21. The van der Waals surface area contributed by atoms with Crippen molar-refractivity contribution in [2.24, 2.45) is 0 Å². The van der Waals surface area contributed by atoms with Gasteiger partial charge in [-0.2, -0.15) is 0 Å². The monoisotopic (exact) mass is 261 g/mol. The second kappa shape index (κ2) is 5.57. The summed E-state index contributed by atoms with van der Waals surface area (Å²) in [5.74, 6) is 0.692. The Morgan fingerprint density at radius 3 is 3.11 bits per heavy atom. The normalized spacial score (nSPS) is 19.6. The number of carbonyl (C=O) groups excluding carboxylic acids is 1. The highest BCUT2D eigenvalue weighted by Crippen LogP contribution is 2.39. The van der Waals surface area contributed by atoms with Crippen molar-refractivity contribution in [3.8, 4) is 0 Å². The van der Waals surface area contributed by atoms with Crippen molar-refractivity contribution in [3.05, 3.63) is 29.7 Å². The Morgan fingerprint density at radius 2 is 2.37 bits per heavy atom. The van der Waals surface area contributed by atoms with Crippen LogP contribution in [0.1, 0.15) is 41.4 Å². The first-order valence-electron chi connectivity index (χ1n) is 6.95. The summed E-state index contributed by atoms with van der Waals surface area (Å²) in [5, 5.41) is 6.82. The minimum absolute atomic E-state index is 0.160. The van der Waals surface area contributed by atoms with Crippen molar-refractivity contribution in [1.82, 2.24) is 15.4 Å². The molecular formula is C14H19N3O2. The lowest BCUT2D eigenvalue weighted by molar-refractivity contribution is 0.0912. The van der Waals surface area contributed by atoms with Crippen molar-refractivity contribution in [2.45, 2.75) is 25.2 Å². The molecule has 1 aliphatic heterocycles. The van der Waals surface area contributed by atoms with Gasteiger partial charge in [-0.15, -0.1) is 0 Å². The molecule has 1 N–H and O–H groups in total. The first-order chi connectivity index (χ1) is 9.33. The molecule has 0 atom stereocenters. The molecule has 1 amide bonds. The fraction of sp³-hybridized carbons (Fsp3) is 0.571. The summed E-state index contributed by atoms with van der Waals surface area (Å²) in [5.41, 5.74) is 0.923. The van der Waals surface area contributed by atoms with E-state index in [0.29, 0.717) is 18.2 Å². The Hall–Kier alpha value is -1.62. The zero-order chi connectivity index (χ0) is 13.1.